The number of amidine groups is 1. The van der Waals surface area contributed by atoms with Gasteiger partial charge in [-0.2, -0.15) is 0 Å². The zero-order chi connectivity index (χ0) is 24.7. The number of nitrogen functional groups attached to an aromatic ring is 1. The lowest BCUT2D eigenvalue weighted by Gasteiger charge is -2.22. The summed E-state index contributed by atoms with van der Waals surface area (Å²) >= 11 is 7.57. The van der Waals surface area contributed by atoms with Gasteiger partial charge in [0, 0.05) is 21.9 Å². The maximum atomic E-state index is 13.5. The second-order valence-corrected chi connectivity index (χ2v) is 8.84. The van der Waals surface area contributed by atoms with E-state index >= 15 is 0 Å². The van der Waals surface area contributed by atoms with Crippen LogP contribution in [0, 0.1) is 11.2 Å². The number of halogens is 2. The van der Waals surface area contributed by atoms with Crippen molar-refractivity contribution in [2.75, 3.05) is 10.8 Å². The molecule has 7 N–H and O–H groups in total. The van der Waals surface area contributed by atoms with E-state index in [2.05, 4.69) is 4.99 Å². The van der Waals surface area contributed by atoms with Gasteiger partial charge < -0.3 is 20.9 Å². The summed E-state index contributed by atoms with van der Waals surface area (Å²) in [5.41, 5.74) is 14.1. The minimum absolute atomic E-state index is 0.0174. The molecule has 0 fully saturated rings. The Hall–Kier alpha value is -3.56. The number of rotatable bonds is 10. The number of nitrogens with zero attached hydrogens (tertiary/aromatic N) is 1. The highest BCUT2D eigenvalue weighted by Crippen LogP contribution is 2.29. The maximum absolute atomic E-state index is 13.5. The van der Waals surface area contributed by atoms with Crippen molar-refractivity contribution in [2.45, 2.75) is 12.3 Å². The quantitative estimate of drug-likeness (QED) is 0.166. The minimum Gasteiger partial charge on any atom is -0.460 e. The first-order valence-electron chi connectivity index (χ1n) is 10.2. The van der Waals surface area contributed by atoms with E-state index in [0.717, 1.165) is 11.1 Å². The summed E-state index contributed by atoms with van der Waals surface area (Å²) in [7, 11) is 0. The summed E-state index contributed by atoms with van der Waals surface area (Å²) in [6, 6.07) is 18.2. The fourth-order valence-corrected chi connectivity index (χ4v) is 4.26. The van der Waals surface area contributed by atoms with E-state index < -0.39 is 5.91 Å². The molecule has 0 saturated heterocycles. The first-order valence-corrected chi connectivity index (χ1v) is 11.5. The Morgan fingerprint density at radius 3 is 2.44 bits per heavy atom. The van der Waals surface area contributed by atoms with Crippen LogP contribution in [-0.2, 0) is 17.1 Å². The molecule has 176 valence electrons. The summed E-state index contributed by atoms with van der Waals surface area (Å²) in [5.74, 6) is -0.610. The standard InChI is InChI=1S/C24H23ClFN5O2S/c25-19-9-18(24(33)30-12-15-4-6-17(7-5-15)23(28)29)10-21(11-19)31(13-22(27)32)34-14-16-2-1-3-20(26)8-16/h1-11H,12-14H2,(H2,27,32)(H3,28,29)(H,30,33)/p+1. The zero-order valence-electron chi connectivity index (χ0n) is 18.1. The number of carbonyl (C=O) groups excluding carboxylic acids is 1. The second-order valence-electron chi connectivity index (χ2n) is 7.42. The molecule has 1 amide bonds. The van der Waals surface area contributed by atoms with Crippen molar-refractivity contribution in [2.24, 2.45) is 11.5 Å². The van der Waals surface area contributed by atoms with Crippen molar-refractivity contribution >= 4 is 46.9 Å². The first-order chi connectivity index (χ1) is 16.2. The predicted molar refractivity (Wildman–Crippen MR) is 135 cm³/mol. The average molecular weight is 501 g/mol. The van der Waals surface area contributed by atoms with Gasteiger partial charge in [0.25, 0.3) is 0 Å². The monoisotopic (exact) mass is 500 g/mol. The van der Waals surface area contributed by atoms with Crippen LogP contribution in [0.3, 0.4) is 0 Å². The minimum atomic E-state index is -0.548. The van der Waals surface area contributed by atoms with E-state index in [4.69, 9.17) is 28.5 Å². The molecule has 0 aromatic heterocycles. The van der Waals surface area contributed by atoms with Gasteiger partial charge in [-0.1, -0.05) is 48.0 Å². The highest BCUT2D eigenvalue weighted by Gasteiger charge is 2.16. The molecular formula is C24H24ClFN5O2S+. The van der Waals surface area contributed by atoms with E-state index in [1.807, 2.05) is 0 Å². The van der Waals surface area contributed by atoms with Crippen molar-refractivity contribution < 1.29 is 19.3 Å². The summed E-state index contributed by atoms with van der Waals surface area (Å²) < 4.78 is 15.2. The number of nitrogens with one attached hydrogen (secondary N) is 2. The maximum Gasteiger partial charge on any atom is 0.366 e. The van der Waals surface area contributed by atoms with Gasteiger partial charge >= 0.3 is 5.90 Å². The van der Waals surface area contributed by atoms with Crippen LogP contribution in [-0.4, -0.2) is 29.3 Å². The lowest BCUT2D eigenvalue weighted by molar-refractivity contribution is -0.483. The number of nitrogens with two attached hydrogens (primary N) is 2. The lowest BCUT2D eigenvalue weighted by Crippen LogP contribution is -2.71. The molecule has 34 heavy (non-hydrogen) atoms. The number of hydrogen-bond acceptors (Lipinski definition) is 4. The number of aliphatic hydroxyl groups is 1. The molecule has 3 rings (SSSR count). The molecule has 0 aliphatic carbocycles. The van der Waals surface area contributed by atoms with E-state index in [1.54, 1.807) is 58.9 Å². The van der Waals surface area contributed by atoms with Crippen molar-refractivity contribution in [3.05, 3.63) is 99.8 Å². The third kappa shape index (κ3) is 7.23. The normalized spacial score (nSPS) is 11.3. The lowest BCUT2D eigenvalue weighted by atomic mass is 10.1. The molecule has 0 aliphatic rings. The van der Waals surface area contributed by atoms with Crippen LogP contribution < -0.4 is 20.8 Å². The van der Waals surface area contributed by atoms with Crippen molar-refractivity contribution in [1.29, 1.82) is 5.41 Å². The van der Waals surface area contributed by atoms with Crippen LogP contribution in [0.4, 0.5) is 10.1 Å². The van der Waals surface area contributed by atoms with Gasteiger partial charge in [0.1, 0.15) is 18.2 Å². The number of anilines is 1. The molecule has 0 unspecified atom stereocenters. The van der Waals surface area contributed by atoms with Crippen molar-refractivity contribution in [3.63, 3.8) is 0 Å². The average Bonchev–Trinajstić information content (AvgIpc) is 2.80. The molecule has 0 aliphatic heterocycles. The van der Waals surface area contributed by atoms with Crippen LogP contribution in [0.5, 0.6) is 0 Å². The van der Waals surface area contributed by atoms with Crippen LogP contribution in [0.1, 0.15) is 22.3 Å². The largest absolute Gasteiger partial charge is 0.460 e. The van der Waals surface area contributed by atoms with E-state index in [9.17, 15) is 14.3 Å². The van der Waals surface area contributed by atoms with Crippen molar-refractivity contribution in [1.82, 2.24) is 0 Å². The number of carbonyl (C=O) groups is 1. The second kappa shape index (κ2) is 11.5. The number of hydrogen-bond donors (Lipinski definition) is 5. The Bertz CT molecular complexity index is 1220. The number of amides is 1. The topological polar surface area (TPSA) is 130 Å². The van der Waals surface area contributed by atoms with Gasteiger partial charge in [0.2, 0.25) is 5.91 Å². The molecule has 0 atom stereocenters. The SMILES string of the molecule is N=C(N)c1ccc(C[NH+]=C(O)c2cc(Cl)cc(N(CC(N)=O)SCc3cccc(F)c3)c2)cc1. The summed E-state index contributed by atoms with van der Waals surface area (Å²) in [4.78, 5) is 14.6. The smallest absolute Gasteiger partial charge is 0.366 e. The summed E-state index contributed by atoms with van der Waals surface area (Å²) in [5, 5.41) is 18.4. The molecule has 0 spiro atoms. The third-order valence-electron chi connectivity index (χ3n) is 4.74. The van der Waals surface area contributed by atoms with Gasteiger partial charge in [-0.15, -0.1) is 0 Å². The number of benzene rings is 3. The molecule has 0 bridgehead atoms. The van der Waals surface area contributed by atoms with Crippen LogP contribution in [0.15, 0.2) is 66.7 Å². The fraction of sp³-hybridized carbons (Fsp3) is 0.125. The Morgan fingerprint density at radius 2 is 1.79 bits per heavy atom. The molecular weight excluding hydrogens is 477 g/mol. The molecule has 0 heterocycles. The van der Waals surface area contributed by atoms with Crippen LogP contribution in [0.25, 0.3) is 0 Å². The van der Waals surface area contributed by atoms with Gasteiger partial charge in [-0.25, -0.2) is 9.38 Å². The van der Waals surface area contributed by atoms with Gasteiger partial charge in [0.15, 0.2) is 6.54 Å². The summed E-state index contributed by atoms with van der Waals surface area (Å²) in [6.45, 7) is 0.224. The van der Waals surface area contributed by atoms with Gasteiger partial charge in [-0.3, -0.25) is 10.2 Å². The summed E-state index contributed by atoms with van der Waals surface area (Å²) in [6.07, 6.45) is 0. The highest BCUT2D eigenvalue weighted by molar-refractivity contribution is 7.99. The Kier molecular flexibility index (Phi) is 8.50. The predicted octanol–water partition coefficient (Wildman–Crippen LogP) is 2.49. The Morgan fingerprint density at radius 1 is 1.06 bits per heavy atom. The van der Waals surface area contributed by atoms with E-state index in [-0.39, 0.29) is 24.1 Å². The van der Waals surface area contributed by atoms with Crippen LogP contribution in [0.2, 0.25) is 5.02 Å². The zero-order valence-corrected chi connectivity index (χ0v) is 19.7. The molecule has 3 aromatic rings. The molecule has 0 radical (unpaired) electrons. The molecule has 0 saturated carbocycles. The first kappa shape index (κ1) is 25.1. The molecule has 3 aromatic carbocycles. The Balaban J connectivity index is 1.79. The highest BCUT2D eigenvalue weighted by atomic mass is 35.5. The van der Waals surface area contributed by atoms with Gasteiger partial charge in [-0.05, 0) is 47.8 Å². The van der Waals surface area contributed by atoms with Crippen molar-refractivity contribution in [3.8, 4) is 0 Å². The van der Waals surface area contributed by atoms with Crippen LogP contribution >= 0.6 is 23.5 Å². The molecule has 7 nitrogen and oxygen atoms in total. The number of aliphatic hydroxyl groups excluding tert-OH is 1. The molecule has 10 heteroatoms. The van der Waals surface area contributed by atoms with Gasteiger partial charge in [0.05, 0.1) is 11.3 Å². The third-order valence-corrected chi connectivity index (χ3v) is 6.08. The fourth-order valence-electron chi connectivity index (χ4n) is 3.08. The Labute approximate surface area is 205 Å². The van der Waals surface area contributed by atoms with E-state index in [0.29, 0.717) is 34.1 Å². The number of primary amides is 1. The van der Waals surface area contributed by atoms with E-state index in [1.165, 1.54) is 24.1 Å².